The number of aryl methyl sites for hydroxylation is 1. The van der Waals surface area contributed by atoms with Gasteiger partial charge in [0, 0.05) is 6.54 Å². The molecule has 1 heterocycles. The minimum Gasteiger partial charge on any atom is -0.392 e. The van der Waals surface area contributed by atoms with Gasteiger partial charge in [-0.25, -0.2) is 0 Å². The number of nitrogens with zero attached hydrogens (tertiary/aromatic N) is 4. The largest absolute Gasteiger partial charge is 0.392 e. The van der Waals surface area contributed by atoms with Gasteiger partial charge < -0.3 is 10.4 Å². The highest BCUT2D eigenvalue weighted by Crippen LogP contribution is 2.06. The zero-order valence-electron chi connectivity index (χ0n) is 10.7. The predicted octanol–water partition coefficient (Wildman–Crippen LogP) is 0.0813. The molecule has 7 nitrogen and oxygen atoms in total. The maximum atomic E-state index is 11.6. The van der Waals surface area contributed by atoms with E-state index in [1.54, 1.807) is 6.92 Å². The van der Waals surface area contributed by atoms with Crippen LogP contribution in [0.25, 0.3) is 5.69 Å². The van der Waals surface area contributed by atoms with E-state index in [0.717, 1.165) is 11.3 Å². The van der Waals surface area contributed by atoms with Crippen LogP contribution >= 0.6 is 0 Å². The van der Waals surface area contributed by atoms with Crippen molar-refractivity contribution >= 4 is 5.91 Å². The minimum atomic E-state index is -0.615. The second kappa shape index (κ2) is 5.57. The van der Waals surface area contributed by atoms with Crippen LogP contribution in [0.3, 0.4) is 0 Å². The van der Waals surface area contributed by atoms with Crippen LogP contribution in [0.1, 0.15) is 23.1 Å². The molecule has 0 bridgehead atoms. The van der Waals surface area contributed by atoms with Crippen LogP contribution in [0.5, 0.6) is 0 Å². The van der Waals surface area contributed by atoms with E-state index in [4.69, 9.17) is 5.11 Å². The number of carbonyl (C=O) groups is 1. The van der Waals surface area contributed by atoms with Gasteiger partial charge in [0.25, 0.3) is 11.7 Å². The van der Waals surface area contributed by atoms with Crippen molar-refractivity contribution in [2.24, 2.45) is 0 Å². The van der Waals surface area contributed by atoms with Gasteiger partial charge in [-0.2, -0.15) is 0 Å². The Hall–Kier alpha value is -2.28. The molecule has 0 fully saturated rings. The van der Waals surface area contributed by atoms with Crippen LogP contribution in [0, 0.1) is 6.92 Å². The first kappa shape index (κ1) is 13.2. The molecule has 0 aliphatic rings. The third-order valence-corrected chi connectivity index (χ3v) is 2.44. The molecular formula is C12H15N5O2. The van der Waals surface area contributed by atoms with Gasteiger partial charge in [0.05, 0.1) is 11.8 Å². The third kappa shape index (κ3) is 3.35. The fourth-order valence-corrected chi connectivity index (χ4v) is 1.41. The summed E-state index contributed by atoms with van der Waals surface area (Å²) in [5.41, 5.74) is 1.85. The number of aliphatic hydroxyl groups excluding tert-OH is 1. The van der Waals surface area contributed by atoms with E-state index < -0.39 is 12.0 Å². The highest BCUT2D eigenvalue weighted by Gasteiger charge is 2.13. The van der Waals surface area contributed by atoms with Crippen LogP contribution in [0.15, 0.2) is 24.3 Å². The van der Waals surface area contributed by atoms with E-state index in [9.17, 15) is 4.79 Å². The SMILES string of the molecule is Cc1ccc(-n2nnc(C(=O)NC[C@@H](C)O)n2)cc1. The fourth-order valence-electron chi connectivity index (χ4n) is 1.41. The summed E-state index contributed by atoms with van der Waals surface area (Å²) in [6.07, 6.45) is -0.615. The number of tetrazole rings is 1. The van der Waals surface area contributed by atoms with Crippen LogP contribution < -0.4 is 5.32 Å². The molecule has 100 valence electrons. The molecule has 0 unspecified atom stereocenters. The third-order valence-electron chi connectivity index (χ3n) is 2.44. The highest BCUT2D eigenvalue weighted by atomic mass is 16.3. The van der Waals surface area contributed by atoms with Crippen LogP contribution in [0.4, 0.5) is 0 Å². The summed E-state index contributed by atoms with van der Waals surface area (Å²) >= 11 is 0. The minimum absolute atomic E-state index is 0.0266. The molecule has 2 aromatic rings. The van der Waals surface area contributed by atoms with Crippen molar-refractivity contribution < 1.29 is 9.90 Å². The number of aromatic nitrogens is 4. The Balaban J connectivity index is 2.10. The monoisotopic (exact) mass is 261 g/mol. The molecular weight excluding hydrogens is 246 g/mol. The normalized spacial score (nSPS) is 12.2. The Morgan fingerprint density at radius 1 is 1.42 bits per heavy atom. The summed E-state index contributed by atoms with van der Waals surface area (Å²) in [6.45, 7) is 3.71. The number of rotatable bonds is 4. The lowest BCUT2D eigenvalue weighted by atomic mass is 10.2. The summed E-state index contributed by atoms with van der Waals surface area (Å²) in [5.74, 6) is -0.486. The van der Waals surface area contributed by atoms with E-state index in [0.29, 0.717) is 0 Å². The topological polar surface area (TPSA) is 92.9 Å². The first-order chi connectivity index (χ1) is 9.06. The molecule has 0 saturated carbocycles. The Morgan fingerprint density at radius 2 is 2.11 bits per heavy atom. The Kier molecular flexibility index (Phi) is 3.86. The second-order valence-electron chi connectivity index (χ2n) is 4.30. The summed E-state index contributed by atoms with van der Waals surface area (Å²) < 4.78 is 0. The molecule has 0 spiro atoms. The molecule has 1 aromatic heterocycles. The van der Waals surface area contributed by atoms with E-state index in [2.05, 4.69) is 20.7 Å². The molecule has 1 atom stereocenters. The van der Waals surface area contributed by atoms with Crippen molar-refractivity contribution in [3.8, 4) is 5.69 Å². The van der Waals surface area contributed by atoms with E-state index >= 15 is 0 Å². The fraction of sp³-hybridized carbons (Fsp3) is 0.333. The van der Waals surface area contributed by atoms with Gasteiger partial charge >= 0.3 is 0 Å². The average molecular weight is 261 g/mol. The van der Waals surface area contributed by atoms with E-state index in [1.807, 2.05) is 31.2 Å². The zero-order valence-corrected chi connectivity index (χ0v) is 10.7. The van der Waals surface area contributed by atoms with Crippen molar-refractivity contribution in [2.75, 3.05) is 6.54 Å². The lowest BCUT2D eigenvalue weighted by Crippen LogP contribution is -2.31. The summed E-state index contributed by atoms with van der Waals surface area (Å²) in [5, 5.41) is 23.1. The molecule has 2 N–H and O–H groups in total. The van der Waals surface area contributed by atoms with Crippen molar-refractivity contribution in [1.82, 2.24) is 25.5 Å². The Bertz CT molecular complexity index is 562. The van der Waals surface area contributed by atoms with Crippen LogP contribution in [0.2, 0.25) is 0 Å². The van der Waals surface area contributed by atoms with Gasteiger partial charge in [0.1, 0.15) is 0 Å². The highest BCUT2D eigenvalue weighted by molar-refractivity contribution is 5.90. The maximum absolute atomic E-state index is 11.6. The van der Waals surface area contributed by atoms with Gasteiger partial charge in [-0.15, -0.1) is 15.0 Å². The number of amides is 1. The molecule has 0 aliphatic heterocycles. The van der Waals surface area contributed by atoms with Crippen molar-refractivity contribution in [1.29, 1.82) is 0 Å². The smallest absolute Gasteiger partial charge is 0.293 e. The average Bonchev–Trinajstić information content (AvgIpc) is 2.86. The molecule has 0 saturated heterocycles. The molecule has 2 rings (SSSR count). The Labute approximate surface area is 110 Å². The first-order valence-electron chi connectivity index (χ1n) is 5.89. The maximum Gasteiger partial charge on any atom is 0.293 e. The van der Waals surface area contributed by atoms with Gasteiger partial charge in [0.2, 0.25) is 0 Å². The van der Waals surface area contributed by atoms with Crippen molar-refractivity contribution in [3.63, 3.8) is 0 Å². The number of hydrogen-bond donors (Lipinski definition) is 2. The first-order valence-corrected chi connectivity index (χ1v) is 5.89. The molecule has 0 aliphatic carbocycles. The summed E-state index contributed by atoms with van der Waals surface area (Å²) in [7, 11) is 0. The van der Waals surface area contributed by atoms with Crippen molar-refractivity contribution in [3.05, 3.63) is 35.7 Å². The molecule has 19 heavy (non-hydrogen) atoms. The van der Waals surface area contributed by atoms with Crippen LogP contribution in [-0.4, -0.2) is 43.9 Å². The Morgan fingerprint density at radius 3 is 2.74 bits per heavy atom. The van der Waals surface area contributed by atoms with Gasteiger partial charge in [-0.05, 0) is 31.2 Å². The molecule has 1 amide bonds. The lowest BCUT2D eigenvalue weighted by Gasteiger charge is -2.03. The summed E-state index contributed by atoms with van der Waals surface area (Å²) in [4.78, 5) is 12.9. The number of carbonyl (C=O) groups excluding carboxylic acids is 1. The number of benzene rings is 1. The number of aliphatic hydroxyl groups is 1. The molecule has 7 heteroatoms. The van der Waals surface area contributed by atoms with Gasteiger partial charge in [-0.3, -0.25) is 4.79 Å². The predicted molar refractivity (Wildman–Crippen MR) is 67.9 cm³/mol. The van der Waals surface area contributed by atoms with Crippen molar-refractivity contribution in [2.45, 2.75) is 20.0 Å². The lowest BCUT2D eigenvalue weighted by molar-refractivity contribution is 0.0913. The van der Waals surface area contributed by atoms with Crippen LogP contribution in [-0.2, 0) is 0 Å². The number of nitrogens with one attached hydrogen (secondary N) is 1. The van der Waals surface area contributed by atoms with E-state index in [-0.39, 0.29) is 12.4 Å². The summed E-state index contributed by atoms with van der Waals surface area (Å²) in [6, 6.07) is 7.53. The van der Waals surface area contributed by atoms with Gasteiger partial charge in [-0.1, -0.05) is 17.7 Å². The quantitative estimate of drug-likeness (QED) is 0.813. The van der Waals surface area contributed by atoms with Gasteiger partial charge in [0.15, 0.2) is 0 Å². The molecule has 1 aromatic carbocycles. The standard InChI is InChI=1S/C12H15N5O2/c1-8-3-5-10(6-4-8)17-15-11(14-16-17)12(19)13-7-9(2)18/h3-6,9,18H,7H2,1-2H3,(H,13,19)/t9-/m1/s1. The number of hydrogen-bond acceptors (Lipinski definition) is 5. The second-order valence-corrected chi connectivity index (χ2v) is 4.30. The molecule has 0 radical (unpaired) electrons. The zero-order chi connectivity index (χ0) is 13.8. The van der Waals surface area contributed by atoms with E-state index in [1.165, 1.54) is 4.80 Å².